The number of rotatable bonds is 6. The Balaban J connectivity index is 2.80. The zero-order valence-electron chi connectivity index (χ0n) is 10.1. The van der Waals surface area contributed by atoms with Gasteiger partial charge in [-0.2, -0.15) is 0 Å². The van der Waals surface area contributed by atoms with Crippen molar-refractivity contribution in [2.45, 2.75) is 32.3 Å². The Morgan fingerprint density at radius 2 is 2.19 bits per heavy atom. The lowest BCUT2D eigenvalue weighted by Crippen LogP contribution is -2.20. The van der Waals surface area contributed by atoms with Crippen molar-refractivity contribution in [3.63, 3.8) is 0 Å². The van der Waals surface area contributed by atoms with Crippen LogP contribution in [0.3, 0.4) is 0 Å². The van der Waals surface area contributed by atoms with E-state index in [1.807, 2.05) is 31.2 Å². The summed E-state index contributed by atoms with van der Waals surface area (Å²) in [5, 5.41) is 10.3. The number of hydrogen-bond acceptors (Lipinski definition) is 3. The molecule has 1 unspecified atom stereocenters. The van der Waals surface area contributed by atoms with E-state index in [1.54, 1.807) is 0 Å². The summed E-state index contributed by atoms with van der Waals surface area (Å²) in [7, 11) is 0. The fraction of sp³-hybridized carbons (Fsp3) is 0.538. The quantitative estimate of drug-likeness (QED) is 0.776. The predicted octanol–water partition coefficient (Wildman–Crippen LogP) is 2.03. The molecule has 0 radical (unpaired) electrons. The normalized spacial score (nSPS) is 14.5. The van der Waals surface area contributed by atoms with E-state index in [-0.39, 0.29) is 0 Å². The molecule has 0 aliphatic heterocycles. The van der Waals surface area contributed by atoms with Crippen molar-refractivity contribution >= 4 is 0 Å². The van der Waals surface area contributed by atoms with Gasteiger partial charge in [0.25, 0.3) is 0 Å². The smallest absolute Gasteiger partial charge is 0.119 e. The molecule has 0 heterocycles. The van der Waals surface area contributed by atoms with Crippen molar-refractivity contribution in [3.8, 4) is 5.75 Å². The van der Waals surface area contributed by atoms with Crippen molar-refractivity contribution in [2.75, 3.05) is 13.2 Å². The Hall–Kier alpha value is -1.06. The Kier molecular flexibility index (Phi) is 4.77. The number of nitrogens with two attached hydrogens (primary N) is 1. The van der Waals surface area contributed by atoms with Crippen LogP contribution < -0.4 is 10.5 Å². The Morgan fingerprint density at radius 1 is 1.44 bits per heavy atom. The summed E-state index contributed by atoms with van der Waals surface area (Å²) in [4.78, 5) is 0. The molecule has 0 bridgehead atoms. The molecule has 90 valence electrons. The van der Waals surface area contributed by atoms with Crippen molar-refractivity contribution in [3.05, 3.63) is 29.8 Å². The van der Waals surface area contributed by atoms with E-state index in [2.05, 4.69) is 6.92 Å². The van der Waals surface area contributed by atoms with Crippen LogP contribution in [0.1, 0.15) is 32.3 Å². The Bertz CT molecular complexity index is 323. The minimum atomic E-state index is -0.781. The van der Waals surface area contributed by atoms with Crippen LogP contribution in [0, 0.1) is 0 Å². The maximum atomic E-state index is 10.3. The standard InChI is InChI=1S/C13H21NO2/c1-3-7-13(2,15)11-5-4-6-12(10-11)16-9-8-14/h4-6,10,15H,3,7-9,14H2,1-2H3. The Morgan fingerprint density at radius 3 is 2.81 bits per heavy atom. The van der Waals surface area contributed by atoms with Crippen LogP contribution in [-0.4, -0.2) is 18.3 Å². The molecule has 0 aliphatic carbocycles. The molecule has 0 fully saturated rings. The van der Waals surface area contributed by atoms with E-state index in [4.69, 9.17) is 10.5 Å². The van der Waals surface area contributed by atoms with Gasteiger partial charge in [-0.1, -0.05) is 25.5 Å². The van der Waals surface area contributed by atoms with Gasteiger partial charge >= 0.3 is 0 Å². The average molecular weight is 223 g/mol. The molecule has 0 saturated heterocycles. The van der Waals surface area contributed by atoms with Gasteiger partial charge in [-0.25, -0.2) is 0 Å². The maximum absolute atomic E-state index is 10.3. The fourth-order valence-corrected chi connectivity index (χ4v) is 1.73. The molecule has 0 amide bonds. The summed E-state index contributed by atoms with van der Waals surface area (Å²) in [5.74, 6) is 0.763. The lowest BCUT2D eigenvalue weighted by atomic mass is 9.91. The first kappa shape index (κ1) is 13.0. The second kappa shape index (κ2) is 5.87. The van der Waals surface area contributed by atoms with Crippen LogP contribution in [0.2, 0.25) is 0 Å². The highest BCUT2D eigenvalue weighted by Gasteiger charge is 2.21. The first-order valence-electron chi connectivity index (χ1n) is 5.76. The van der Waals surface area contributed by atoms with Gasteiger partial charge in [0.2, 0.25) is 0 Å². The second-order valence-corrected chi connectivity index (χ2v) is 4.19. The first-order chi connectivity index (χ1) is 7.60. The van der Waals surface area contributed by atoms with Crippen LogP contribution in [-0.2, 0) is 5.60 Å². The van der Waals surface area contributed by atoms with Crippen molar-refractivity contribution in [2.24, 2.45) is 5.73 Å². The van der Waals surface area contributed by atoms with Gasteiger partial charge in [0.1, 0.15) is 12.4 Å². The van der Waals surface area contributed by atoms with Gasteiger partial charge in [-0.15, -0.1) is 0 Å². The van der Waals surface area contributed by atoms with Gasteiger partial charge in [0, 0.05) is 6.54 Å². The molecule has 3 nitrogen and oxygen atoms in total. The summed E-state index contributed by atoms with van der Waals surface area (Å²) in [6.07, 6.45) is 1.69. The number of aliphatic hydroxyl groups is 1. The highest BCUT2D eigenvalue weighted by molar-refractivity contribution is 5.31. The van der Waals surface area contributed by atoms with Gasteiger partial charge in [-0.3, -0.25) is 0 Å². The number of hydrogen-bond donors (Lipinski definition) is 2. The SMILES string of the molecule is CCCC(C)(O)c1cccc(OCCN)c1. The Labute approximate surface area is 97.2 Å². The zero-order chi connectivity index (χ0) is 12.0. The lowest BCUT2D eigenvalue weighted by molar-refractivity contribution is 0.0467. The highest BCUT2D eigenvalue weighted by Crippen LogP contribution is 2.28. The molecule has 1 rings (SSSR count). The predicted molar refractivity (Wildman–Crippen MR) is 65.5 cm³/mol. The monoisotopic (exact) mass is 223 g/mol. The minimum Gasteiger partial charge on any atom is -0.492 e. The van der Waals surface area contributed by atoms with Gasteiger partial charge in [0.15, 0.2) is 0 Å². The average Bonchev–Trinajstić information content (AvgIpc) is 2.27. The summed E-state index contributed by atoms with van der Waals surface area (Å²) < 4.78 is 5.43. The van der Waals surface area contributed by atoms with Crippen LogP contribution in [0.4, 0.5) is 0 Å². The summed E-state index contributed by atoms with van der Waals surface area (Å²) >= 11 is 0. The maximum Gasteiger partial charge on any atom is 0.119 e. The molecule has 1 aromatic rings. The van der Waals surface area contributed by atoms with E-state index in [0.29, 0.717) is 13.2 Å². The van der Waals surface area contributed by atoms with Gasteiger partial charge < -0.3 is 15.6 Å². The largest absolute Gasteiger partial charge is 0.492 e. The minimum absolute atomic E-state index is 0.496. The third-order valence-corrected chi connectivity index (χ3v) is 2.58. The van der Waals surface area contributed by atoms with Crippen LogP contribution in [0.15, 0.2) is 24.3 Å². The molecule has 3 heteroatoms. The molecule has 0 saturated carbocycles. The third-order valence-electron chi connectivity index (χ3n) is 2.58. The van der Waals surface area contributed by atoms with Crippen LogP contribution >= 0.6 is 0 Å². The molecule has 1 aromatic carbocycles. The fourth-order valence-electron chi connectivity index (χ4n) is 1.73. The molecule has 1 atom stereocenters. The van der Waals surface area contributed by atoms with E-state index in [1.165, 1.54) is 0 Å². The zero-order valence-corrected chi connectivity index (χ0v) is 10.1. The van der Waals surface area contributed by atoms with Crippen molar-refractivity contribution in [1.29, 1.82) is 0 Å². The number of benzene rings is 1. The molecular weight excluding hydrogens is 202 g/mol. The van der Waals surface area contributed by atoms with Crippen LogP contribution in [0.25, 0.3) is 0 Å². The molecule has 3 N–H and O–H groups in total. The lowest BCUT2D eigenvalue weighted by Gasteiger charge is -2.23. The summed E-state index contributed by atoms with van der Waals surface area (Å²) in [6.45, 7) is 4.89. The van der Waals surface area contributed by atoms with Crippen molar-refractivity contribution < 1.29 is 9.84 Å². The first-order valence-corrected chi connectivity index (χ1v) is 5.76. The van der Waals surface area contributed by atoms with Crippen LogP contribution in [0.5, 0.6) is 5.75 Å². The van der Waals surface area contributed by atoms with Crippen molar-refractivity contribution in [1.82, 2.24) is 0 Å². The van der Waals surface area contributed by atoms with E-state index >= 15 is 0 Å². The van der Waals surface area contributed by atoms with Gasteiger partial charge in [0.05, 0.1) is 5.60 Å². The van der Waals surface area contributed by atoms with E-state index in [0.717, 1.165) is 24.2 Å². The highest BCUT2D eigenvalue weighted by atomic mass is 16.5. The molecule has 0 aromatic heterocycles. The molecular formula is C13H21NO2. The second-order valence-electron chi connectivity index (χ2n) is 4.19. The molecule has 0 spiro atoms. The topological polar surface area (TPSA) is 55.5 Å². The number of ether oxygens (including phenoxy) is 1. The molecule has 16 heavy (non-hydrogen) atoms. The molecule has 0 aliphatic rings. The van der Waals surface area contributed by atoms with E-state index < -0.39 is 5.60 Å². The van der Waals surface area contributed by atoms with Gasteiger partial charge in [-0.05, 0) is 31.0 Å². The van der Waals surface area contributed by atoms with E-state index in [9.17, 15) is 5.11 Å². The summed E-state index contributed by atoms with van der Waals surface area (Å²) in [6, 6.07) is 7.57. The summed E-state index contributed by atoms with van der Waals surface area (Å²) in [5.41, 5.74) is 5.49. The third kappa shape index (κ3) is 3.51.